The van der Waals surface area contributed by atoms with Gasteiger partial charge in [0.1, 0.15) is 17.1 Å². The molecule has 308 valence electrons. The monoisotopic (exact) mass is 882 g/mol. The summed E-state index contributed by atoms with van der Waals surface area (Å²) in [6.07, 6.45) is 13.6. The summed E-state index contributed by atoms with van der Waals surface area (Å²) in [7, 11) is 3.39. The van der Waals surface area contributed by atoms with Gasteiger partial charge < -0.3 is 29.5 Å². The first-order valence-electron chi connectivity index (χ1n) is 20.1. The lowest BCUT2D eigenvalue weighted by Crippen LogP contribution is -2.51. The fourth-order valence-corrected chi connectivity index (χ4v) is 7.72. The molecule has 54 heavy (non-hydrogen) atoms. The molecule has 0 aliphatic carbocycles. The average Bonchev–Trinajstić information content (AvgIpc) is 3.08. The Kier molecular flexibility index (Phi) is 22.9. The first kappa shape index (κ1) is 49.6. The summed E-state index contributed by atoms with van der Waals surface area (Å²) in [4.78, 5) is 25.5. The third-order valence-electron chi connectivity index (χ3n) is 9.40. The Labute approximate surface area is 345 Å². The molecule has 0 saturated carbocycles. The molecule has 0 spiro atoms. The van der Waals surface area contributed by atoms with Crippen molar-refractivity contribution in [3.05, 3.63) is 55.5 Å². The summed E-state index contributed by atoms with van der Waals surface area (Å²) in [5, 5.41) is 12.7. The van der Waals surface area contributed by atoms with Crippen LogP contribution >= 0.6 is 31.9 Å². The van der Waals surface area contributed by atoms with Gasteiger partial charge in [0.2, 0.25) is 0 Å². The highest BCUT2D eigenvalue weighted by Gasteiger charge is 2.33. The van der Waals surface area contributed by atoms with Gasteiger partial charge in [-0.25, -0.2) is 9.59 Å². The molecule has 0 bridgehead atoms. The Morgan fingerprint density at radius 1 is 0.704 bits per heavy atom. The standard InChI is InChI=1S/2C22H36BrNO3/c1-7-9-10-11-12-16-15-20(26-6)17(14-19(16)23)13-18(8-2)24-21(25)27-22(3,4)5;1-7-9-10-11-12-16-15-20(27-6)17(14-19(16)23)13-18(8-2)24(21(25)26)22(3,4)5/h14-15,18H,7-13H2,1-6H3,(H,24,25);14-15,18H,7-13H2,1-6H3,(H,25,26). The third kappa shape index (κ3) is 18.0. The number of carbonyl (C=O) groups is 2. The second-order valence-electron chi connectivity index (χ2n) is 16.2. The Bertz CT molecular complexity index is 1420. The minimum Gasteiger partial charge on any atom is -0.496 e. The molecule has 2 rings (SSSR count). The van der Waals surface area contributed by atoms with E-state index in [-0.39, 0.29) is 18.2 Å². The quantitative estimate of drug-likeness (QED) is 0.129. The highest BCUT2D eigenvalue weighted by atomic mass is 79.9. The second-order valence-corrected chi connectivity index (χ2v) is 17.9. The molecule has 0 fully saturated rings. The number of carbonyl (C=O) groups excluding carboxylic acids is 1. The maximum atomic E-state index is 12.1. The molecule has 0 heterocycles. The van der Waals surface area contributed by atoms with Gasteiger partial charge in [0.05, 0.1) is 14.2 Å². The van der Waals surface area contributed by atoms with Crippen LogP contribution in [0.15, 0.2) is 33.2 Å². The number of carboxylic acid groups (broad SMARTS) is 1. The zero-order valence-corrected chi connectivity index (χ0v) is 38.7. The molecule has 0 aliphatic rings. The van der Waals surface area contributed by atoms with Crippen molar-refractivity contribution >= 4 is 44.0 Å². The van der Waals surface area contributed by atoms with Crippen molar-refractivity contribution in [1.82, 2.24) is 10.2 Å². The maximum absolute atomic E-state index is 12.1. The van der Waals surface area contributed by atoms with Gasteiger partial charge in [-0.2, -0.15) is 0 Å². The minimum absolute atomic E-state index is 0.00365. The molecule has 2 unspecified atom stereocenters. The highest BCUT2D eigenvalue weighted by Crippen LogP contribution is 2.33. The molecular weight excluding hydrogens is 812 g/mol. The molecule has 0 aromatic heterocycles. The fourth-order valence-electron chi connectivity index (χ4n) is 6.54. The fraction of sp³-hybridized carbons (Fsp3) is 0.682. The van der Waals surface area contributed by atoms with Gasteiger partial charge in [0.15, 0.2) is 0 Å². The van der Waals surface area contributed by atoms with Crippen molar-refractivity contribution < 1.29 is 28.9 Å². The molecule has 2 amide bonds. The number of alkyl carbamates (subject to hydrolysis) is 1. The van der Waals surface area contributed by atoms with E-state index in [4.69, 9.17) is 14.2 Å². The summed E-state index contributed by atoms with van der Waals surface area (Å²) < 4.78 is 18.9. The van der Waals surface area contributed by atoms with E-state index in [1.54, 1.807) is 19.1 Å². The van der Waals surface area contributed by atoms with E-state index in [1.807, 2.05) is 48.5 Å². The average molecular weight is 885 g/mol. The van der Waals surface area contributed by atoms with Gasteiger partial charge in [-0.05, 0) is 139 Å². The lowest BCUT2D eigenvalue weighted by molar-refractivity contribution is 0.0502. The molecule has 10 heteroatoms. The van der Waals surface area contributed by atoms with Crippen LogP contribution < -0.4 is 14.8 Å². The summed E-state index contributed by atoms with van der Waals surface area (Å²) in [5.41, 5.74) is 3.72. The molecule has 2 atom stereocenters. The van der Waals surface area contributed by atoms with Gasteiger partial charge in [0, 0.05) is 26.6 Å². The van der Waals surface area contributed by atoms with Crippen LogP contribution in [0.1, 0.15) is 156 Å². The maximum Gasteiger partial charge on any atom is 0.407 e. The van der Waals surface area contributed by atoms with Crippen LogP contribution in [-0.2, 0) is 30.4 Å². The van der Waals surface area contributed by atoms with Crippen molar-refractivity contribution in [1.29, 1.82) is 0 Å². The summed E-state index contributed by atoms with van der Waals surface area (Å²) in [6, 6.07) is 8.38. The molecule has 2 aromatic rings. The van der Waals surface area contributed by atoms with E-state index in [0.717, 1.165) is 57.3 Å². The van der Waals surface area contributed by atoms with E-state index in [0.29, 0.717) is 12.8 Å². The summed E-state index contributed by atoms with van der Waals surface area (Å²) >= 11 is 7.43. The van der Waals surface area contributed by atoms with Crippen molar-refractivity contribution in [3.63, 3.8) is 0 Å². The summed E-state index contributed by atoms with van der Waals surface area (Å²) in [6.45, 7) is 20.0. The van der Waals surface area contributed by atoms with Gasteiger partial charge in [-0.3, -0.25) is 0 Å². The van der Waals surface area contributed by atoms with Gasteiger partial charge in [-0.1, -0.05) is 98.1 Å². The van der Waals surface area contributed by atoms with Crippen molar-refractivity contribution in [2.75, 3.05) is 14.2 Å². The van der Waals surface area contributed by atoms with Crippen LogP contribution in [0.25, 0.3) is 0 Å². The van der Waals surface area contributed by atoms with Crippen LogP contribution in [0.5, 0.6) is 11.5 Å². The van der Waals surface area contributed by atoms with Crippen LogP contribution in [0.2, 0.25) is 0 Å². The molecule has 8 nitrogen and oxygen atoms in total. The third-order valence-corrected chi connectivity index (χ3v) is 10.9. The number of nitrogens with one attached hydrogen (secondary N) is 1. The molecule has 2 N–H and O–H groups in total. The van der Waals surface area contributed by atoms with Gasteiger partial charge in [-0.15, -0.1) is 0 Å². The Morgan fingerprint density at radius 3 is 1.52 bits per heavy atom. The number of amides is 2. The zero-order valence-electron chi connectivity index (χ0n) is 35.6. The lowest BCUT2D eigenvalue weighted by atomic mass is 9.95. The molecule has 0 radical (unpaired) electrons. The Hall–Kier alpha value is -2.46. The number of unbranched alkanes of at least 4 members (excludes halogenated alkanes) is 6. The van der Waals surface area contributed by atoms with E-state index in [9.17, 15) is 14.7 Å². The minimum atomic E-state index is -0.875. The van der Waals surface area contributed by atoms with Crippen molar-refractivity contribution in [2.45, 2.75) is 182 Å². The smallest absolute Gasteiger partial charge is 0.407 e. The predicted molar refractivity (Wildman–Crippen MR) is 232 cm³/mol. The molecule has 0 aliphatic heterocycles. The molecular formula is C44H72Br2N2O6. The molecule has 2 aromatic carbocycles. The number of ether oxygens (including phenoxy) is 3. The number of nitrogens with zero attached hydrogens (tertiary/aromatic N) is 1. The number of halogens is 2. The number of rotatable bonds is 20. The van der Waals surface area contributed by atoms with E-state index < -0.39 is 17.2 Å². The van der Waals surface area contributed by atoms with E-state index in [1.165, 1.54) is 62.5 Å². The summed E-state index contributed by atoms with van der Waals surface area (Å²) in [5.74, 6) is 1.73. The SMILES string of the molecule is CCCCCCc1cc(OC)c(CC(CC)N(C(=O)O)C(C)(C)C)cc1Br.CCCCCCc1cc(OC)c(CC(CC)NC(=O)OC(C)(C)C)cc1Br. The largest absolute Gasteiger partial charge is 0.496 e. The highest BCUT2D eigenvalue weighted by molar-refractivity contribution is 9.10. The second kappa shape index (κ2) is 24.9. The number of hydrogen-bond donors (Lipinski definition) is 2. The lowest BCUT2D eigenvalue weighted by Gasteiger charge is -2.39. The van der Waals surface area contributed by atoms with Crippen LogP contribution in [-0.4, -0.2) is 59.6 Å². The Morgan fingerprint density at radius 2 is 1.17 bits per heavy atom. The number of hydrogen-bond acceptors (Lipinski definition) is 5. The Balaban J connectivity index is 0.000000540. The van der Waals surface area contributed by atoms with E-state index in [2.05, 4.69) is 82.2 Å². The number of aryl methyl sites for hydroxylation is 2. The van der Waals surface area contributed by atoms with E-state index >= 15 is 0 Å². The zero-order chi connectivity index (χ0) is 41.1. The van der Waals surface area contributed by atoms with Crippen LogP contribution in [0.3, 0.4) is 0 Å². The molecule has 0 saturated heterocycles. The van der Waals surface area contributed by atoms with Gasteiger partial charge in [0.25, 0.3) is 0 Å². The number of benzene rings is 2. The van der Waals surface area contributed by atoms with Gasteiger partial charge >= 0.3 is 12.2 Å². The normalized spacial score (nSPS) is 12.6. The van der Waals surface area contributed by atoms with Crippen molar-refractivity contribution in [3.8, 4) is 11.5 Å². The predicted octanol–water partition coefficient (Wildman–Crippen LogP) is 13.1. The first-order valence-corrected chi connectivity index (χ1v) is 21.7. The van der Waals surface area contributed by atoms with Crippen LogP contribution in [0.4, 0.5) is 9.59 Å². The topological polar surface area (TPSA) is 97.3 Å². The van der Waals surface area contributed by atoms with Crippen LogP contribution in [0, 0.1) is 0 Å². The first-order chi connectivity index (χ1) is 25.3. The number of methoxy groups -OCH3 is 2. The van der Waals surface area contributed by atoms with Crippen molar-refractivity contribution in [2.24, 2.45) is 0 Å².